The number of aromatic amines is 2. The minimum atomic E-state index is -0.243. The van der Waals surface area contributed by atoms with Gasteiger partial charge in [-0.2, -0.15) is 0 Å². The van der Waals surface area contributed by atoms with Crippen molar-refractivity contribution in [1.82, 2.24) is 15.0 Å². The average Bonchev–Trinajstić information content (AvgIpc) is 1.67. The van der Waals surface area contributed by atoms with Crippen LogP contribution in [-0.4, -0.2) is 50.5 Å². The summed E-state index contributed by atoms with van der Waals surface area (Å²) in [7, 11) is 0. The first-order valence-corrected chi connectivity index (χ1v) is 36.8. The Morgan fingerprint density at radius 3 is 1.41 bits per heavy atom. The third kappa shape index (κ3) is 22.5. The van der Waals surface area contributed by atoms with Crippen molar-refractivity contribution in [3.05, 3.63) is 237 Å². The van der Waals surface area contributed by atoms with Gasteiger partial charge >= 0.3 is 11.9 Å². The van der Waals surface area contributed by atoms with Crippen LogP contribution in [0, 0.1) is 102 Å². The summed E-state index contributed by atoms with van der Waals surface area (Å²) >= 11 is 6.69. The Labute approximate surface area is 601 Å². The molecule has 11 nitrogen and oxygen atoms in total. The maximum atomic E-state index is 13.5. The first-order chi connectivity index (χ1) is 47.7. The summed E-state index contributed by atoms with van der Waals surface area (Å²) in [5.74, 6) is 3.93. The van der Waals surface area contributed by atoms with Gasteiger partial charge in [0, 0.05) is 78.1 Å². The van der Waals surface area contributed by atoms with E-state index in [1.165, 1.54) is 79.9 Å². The number of hydrogen-bond donors (Lipinski definition) is 1. The molecule has 0 radical (unpaired) electrons. The van der Waals surface area contributed by atoms with E-state index in [9.17, 15) is 27.6 Å². The van der Waals surface area contributed by atoms with E-state index in [4.69, 9.17) is 14.6 Å². The maximum absolute atomic E-state index is 13.5. The summed E-state index contributed by atoms with van der Waals surface area (Å²) in [6.45, 7) is 18.8. The summed E-state index contributed by atoms with van der Waals surface area (Å²) in [6.07, 6.45) is 26.9. The second-order valence-electron chi connectivity index (χ2n) is 27.4. The van der Waals surface area contributed by atoms with Gasteiger partial charge in [0.1, 0.15) is 35.9 Å². The lowest BCUT2D eigenvalue weighted by molar-refractivity contribution is -0.391. The standard InChI is InChI=1S/C27H30FNO2.C15H22O3.C13H12FN.2C7H8BrN.C7H7F.C7H9NO/c1-16-6-10-23-20(12-16)14-25-26(17(2)31-27(25)30)24(23)11-9-22-8-7-19(15-29-22)18-4-3-5-21(28)13-18;1-8-3-4-11-10(5-8)6-12-14(13(11)7-16)9(2)18-15(12)17;1-2-13-7-6-11(9-15-13)10-4-3-5-12(14)8-10;2*1-2-7-4-3-6(8)5-9-7;1-6-3-2-4-7(8)5-6;1-6-2-3-7(5-9)8-4-6/h3-5,7-9,11,13,15-17,20,23-26H,6,10,12,14H2,1-2H3;7-14H,3-6H2,1-2H3;3-9H,2H2,1H3;2*3-5H,2H2,1H3;2-5H,1H3;2-4,9H,5H2,1H3/p+2/b11-9+;;;;;;/t16-,17-,20+,23-,24+,25-,26+;8-,9-,10+,11-,12-,13+,14-;;;;;/m11...../s1. The molecule has 0 bridgehead atoms. The number of nitrogens with one attached hydrogen (secondary N) is 2. The number of nitrogens with zero attached hydrogens (tertiary/aromatic N) is 3. The van der Waals surface area contributed by atoms with E-state index in [0.29, 0.717) is 29.6 Å². The minimum absolute atomic E-state index is 0.00477. The number of halogens is 5. The van der Waals surface area contributed by atoms with E-state index in [1.54, 1.807) is 36.8 Å². The van der Waals surface area contributed by atoms with Crippen molar-refractivity contribution in [2.45, 2.75) is 152 Å². The number of H-pyrrole nitrogens is 2. The number of aromatic nitrogens is 5. The molecule has 16 heteroatoms. The number of aryl methyl sites for hydroxylation is 5. The molecule has 4 saturated carbocycles. The number of aldehydes is 1. The normalized spacial score (nSPS) is 25.2. The summed E-state index contributed by atoms with van der Waals surface area (Å²) < 4.78 is 51.9. The summed E-state index contributed by atoms with van der Waals surface area (Å²) in [5.41, 5.74) is 10.8. The number of aliphatic hydroxyl groups excluding tert-OH is 1. The molecule has 14 rings (SSSR count). The van der Waals surface area contributed by atoms with Gasteiger partial charge in [0.25, 0.3) is 0 Å². The summed E-state index contributed by atoms with van der Waals surface area (Å²) in [4.78, 5) is 55.0. The van der Waals surface area contributed by atoms with E-state index in [2.05, 4.69) is 123 Å². The van der Waals surface area contributed by atoms with E-state index in [0.717, 1.165) is 116 Å². The first-order valence-electron chi connectivity index (χ1n) is 35.2. The topological polar surface area (TPSA) is 157 Å². The predicted octanol–water partition coefficient (Wildman–Crippen LogP) is 18.7. The summed E-state index contributed by atoms with van der Waals surface area (Å²) in [6, 6.07) is 39.5. The van der Waals surface area contributed by atoms with Crippen molar-refractivity contribution in [1.29, 1.82) is 0 Å². The lowest BCUT2D eigenvalue weighted by Gasteiger charge is -2.47. The highest BCUT2D eigenvalue weighted by Crippen LogP contribution is 2.55. The van der Waals surface area contributed by atoms with Crippen molar-refractivity contribution >= 4 is 56.2 Å². The molecule has 2 saturated heterocycles. The second-order valence-corrected chi connectivity index (χ2v) is 29.2. The van der Waals surface area contributed by atoms with Gasteiger partial charge in [0.05, 0.1) is 38.8 Å². The van der Waals surface area contributed by atoms with Crippen LogP contribution in [0.5, 0.6) is 0 Å². The first kappa shape index (κ1) is 77.2. The third-order valence-corrected chi connectivity index (χ3v) is 21.3. The van der Waals surface area contributed by atoms with Crippen molar-refractivity contribution in [3.8, 4) is 22.3 Å². The molecule has 7 heterocycles. The van der Waals surface area contributed by atoms with Crippen molar-refractivity contribution in [2.75, 3.05) is 0 Å². The van der Waals surface area contributed by atoms with Crippen molar-refractivity contribution in [3.63, 3.8) is 0 Å². The molecule has 2 aliphatic heterocycles. The largest absolute Gasteiger partial charge is 0.462 e. The number of fused-ring (bicyclic) bond motifs is 4. The highest BCUT2D eigenvalue weighted by molar-refractivity contribution is 9.10. The number of benzene rings is 3. The van der Waals surface area contributed by atoms with Crippen LogP contribution < -0.4 is 9.97 Å². The molecule has 8 aromatic rings. The van der Waals surface area contributed by atoms with Crippen LogP contribution in [0.4, 0.5) is 13.2 Å². The molecule has 0 spiro atoms. The quantitative estimate of drug-likeness (QED) is 0.110. The molecule has 14 atom stereocenters. The molecular formula is C83H98Br2F3N5O6+2. The number of hydrogen-bond acceptors (Lipinski definition) is 9. The number of aliphatic hydroxyl groups is 1. The van der Waals surface area contributed by atoms with Crippen LogP contribution in [-0.2, 0) is 49.7 Å². The minimum Gasteiger partial charge on any atom is -0.462 e. The zero-order chi connectivity index (χ0) is 71.1. The third-order valence-electron chi connectivity index (χ3n) is 20.3. The van der Waals surface area contributed by atoms with E-state index in [1.807, 2.05) is 99.9 Å². The van der Waals surface area contributed by atoms with Gasteiger partial charge in [0.2, 0.25) is 0 Å². The Hall–Kier alpha value is -7.53. The lowest BCUT2D eigenvalue weighted by atomic mass is 9.56. The Morgan fingerprint density at radius 1 is 0.525 bits per heavy atom. The Balaban J connectivity index is 0.000000158. The van der Waals surface area contributed by atoms with Crippen LogP contribution in [0.25, 0.3) is 28.3 Å². The number of cyclic esters (lactones) is 2. The zero-order valence-electron chi connectivity index (χ0n) is 58.6. The average molecular weight is 1480 g/mol. The van der Waals surface area contributed by atoms with Gasteiger partial charge in [0.15, 0.2) is 23.8 Å². The number of allylic oxidation sites excluding steroid dienone is 1. The number of rotatable bonds is 9. The van der Waals surface area contributed by atoms with Gasteiger partial charge < -0.3 is 19.4 Å². The molecule has 6 fully saturated rings. The van der Waals surface area contributed by atoms with Crippen LogP contribution in [0.1, 0.15) is 139 Å². The van der Waals surface area contributed by atoms with Gasteiger partial charge in [-0.1, -0.05) is 108 Å². The molecular weight excluding hydrogens is 1380 g/mol. The fourth-order valence-corrected chi connectivity index (χ4v) is 15.7. The van der Waals surface area contributed by atoms with E-state index < -0.39 is 0 Å². The fourth-order valence-electron chi connectivity index (χ4n) is 15.2. The molecule has 5 aromatic heterocycles. The van der Waals surface area contributed by atoms with E-state index in [-0.39, 0.29) is 77.8 Å². The second kappa shape index (κ2) is 38.3. The van der Waals surface area contributed by atoms with Crippen molar-refractivity contribution in [2.24, 2.45) is 71.0 Å². The van der Waals surface area contributed by atoms with Gasteiger partial charge in [-0.25, -0.2) is 23.1 Å². The van der Waals surface area contributed by atoms with Crippen molar-refractivity contribution < 1.29 is 52.1 Å². The molecule has 0 unspecified atom stereocenters. The highest BCUT2D eigenvalue weighted by atomic mass is 79.9. The molecule has 6 aliphatic rings. The fraction of sp³-hybridized carbons (Fsp3) is 0.422. The van der Waals surface area contributed by atoms with E-state index >= 15 is 0 Å². The highest BCUT2D eigenvalue weighted by Gasteiger charge is 2.56. The lowest BCUT2D eigenvalue weighted by Crippen LogP contribution is -2.45. The Kier molecular flexibility index (Phi) is 29.9. The van der Waals surface area contributed by atoms with Gasteiger partial charge in [-0.3, -0.25) is 24.5 Å². The molecule has 524 valence electrons. The monoisotopic (exact) mass is 1480 g/mol. The van der Waals surface area contributed by atoms with Crippen LogP contribution in [0.3, 0.4) is 0 Å². The number of pyridine rings is 5. The number of carbonyl (C=O) groups is 3. The van der Waals surface area contributed by atoms with Crippen LogP contribution in [0.2, 0.25) is 0 Å². The molecule has 0 amide bonds. The molecule has 3 N–H and O–H groups in total. The maximum Gasteiger partial charge on any atom is 0.309 e. The molecule has 4 aliphatic carbocycles. The molecule has 3 aromatic carbocycles. The number of ether oxygens (including phenoxy) is 2. The van der Waals surface area contributed by atoms with Crippen LogP contribution >= 0.6 is 31.9 Å². The SMILES string of the molecule is CCc1ccc(-c2cccc(F)c2)cn1.CCc1ccc(Br)c[nH+]1.CCc1ccc(Br)c[nH+]1.C[C@@H]1CC[C@@H]2[C@@H](C1)C[C@H]1C(=O)O[C@H](C)[C@H]1[C@H]2/C=C/c1ccc(-c2cccc(F)c2)cn1.C[C@@H]1CC[C@@H]2[C@@H](C1)C[C@H]1C(=O)O[C@H](C)[C@H]1[C@H]2C=O.Cc1ccc(CO)nc1.Cc1cccc(F)c1. The van der Waals surface area contributed by atoms with Crippen LogP contribution in [0.15, 0.2) is 179 Å². The zero-order valence-corrected chi connectivity index (χ0v) is 61.8. The predicted molar refractivity (Wildman–Crippen MR) is 391 cm³/mol. The van der Waals surface area contributed by atoms with Gasteiger partial charge in [-0.05, 0) is 241 Å². The molecule has 99 heavy (non-hydrogen) atoms. The number of esters is 2. The smallest absolute Gasteiger partial charge is 0.309 e. The Morgan fingerprint density at radius 2 is 1.01 bits per heavy atom. The Bertz CT molecular complexity index is 3720. The number of carbonyl (C=O) groups excluding carboxylic acids is 3. The summed E-state index contributed by atoms with van der Waals surface area (Å²) in [5, 5.41) is 8.57. The van der Waals surface area contributed by atoms with Gasteiger partial charge in [-0.15, -0.1) is 0 Å².